The minimum Gasteiger partial charge on any atom is -0.378 e. The molecule has 24 heavy (non-hydrogen) atoms. The van der Waals surface area contributed by atoms with Crippen LogP contribution in [0, 0.1) is 5.41 Å². The van der Waals surface area contributed by atoms with Gasteiger partial charge in [-0.15, -0.1) is 0 Å². The van der Waals surface area contributed by atoms with Gasteiger partial charge in [0, 0.05) is 31.2 Å². The zero-order valence-electron chi connectivity index (χ0n) is 14.9. The van der Waals surface area contributed by atoms with Gasteiger partial charge >= 0.3 is 0 Å². The average molecular weight is 355 g/mol. The van der Waals surface area contributed by atoms with E-state index in [1.807, 2.05) is 6.92 Å². The van der Waals surface area contributed by atoms with Gasteiger partial charge in [-0.25, -0.2) is 13.1 Å². The monoisotopic (exact) mass is 354 g/mol. The maximum absolute atomic E-state index is 12.2. The Bertz CT molecular complexity index is 600. The topological polar surface area (TPSA) is 67.4 Å². The normalized spacial score (nSPS) is 23.0. The third kappa shape index (κ3) is 3.99. The van der Waals surface area contributed by atoms with E-state index in [-0.39, 0.29) is 5.41 Å². The summed E-state index contributed by atoms with van der Waals surface area (Å²) in [6.07, 6.45) is 3.46. The molecule has 1 aliphatic carbocycles. The quantitative estimate of drug-likeness (QED) is 0.634. The average Bonchev–Trinajstić information content (AvgIpc) is 2.58. The van der Waals surface area contributed by atoms with Crippen LogP contribution >= 0.6 is 0 Å². The fourth-order valence-electron chi connectivity index (χ4n) is 3.78. The molecule has 1 aliphatic rings. The molecule has 1 aromatic rings. The van der Waals surface area contributed by atoms with Gasteiger partial charge in [-0.1, -0.05) is 32.0 Å². The van der Waals surface area contributed by atoms with Crippen LogP contribution in [0.5, 0.6) is 0 Å². The molecule has 0 aromatic heterocycles. The van der Waals surface area contributed by atoms with Crippen LogP contribution in [0.15, 0.2) is 35.2 Å². The van der Waals surface area contributed by atoms with Gasteiger partial charge in [0.1, 0.15) is 0 Å². The molecule has 1 aromatic carbocycles. The lowest BCUT2D eigenvalue weighted by Gasteiger charge is -2.55. The molecule has 1 saturated carbocycles. The lowest BCUT2D eigenvalue weighted by molar-refractivity contribution is -0.137. The fraction of sp³-hybridized carbons (Fsp3) is 0.667. The van der Waals surface area contributed by atoms with Gasteiger partial charge in [-0.2, -0.15) is 0 Å². The molecule has 2 atom stereocenters. The van der Waals surface area contributed by atoms with E-state index in [4.69, 9.17) is 4.74 Å². The first-order valence-electron chi connectivity index (χ1n) is 8.89. The van der Waals surface area contributed by atoms with Crippen molar-refractivity contribution >= 4 is 10.0 Å². The lowest BCUT2D eigenvalue weighted by atomic mass is 9.58. The predicted molar refractivity (Wildman–Crippen MR) is 96.5 cm³/mol. The van der Waals surface area contributed by atoms with Crippen molar-refractivity contribution in [3.05, 3.63) is 30.3 Å². The number of benzene rings is 1. The van der Waals surface area contributed by atoms with Gasteiger partial charge in [0.05, 0.1) is 11.0 Å². The second-order valence-corrected chi connectivity index (χ2v) is 8.10. The van der Waals surface area contributed by atoms with Crippen molar-refractivity contribution in [2.45, 2.75) is 57.1 Å². The van der Waals surface area contributed by atoms with Gasteiger partial charge in [-0.05, 0) is 38.3 Å². The summed E-state index contributed by atoms with van der Waals surface area (Å²) >= 11 is 0. The standard InChI is InChI=1S/C18H30N2O3S/c1-4-18(5-2)16(14-17(18)23-6-3)19-12-13-20-24(21,22)15-10-8-7-9-11-15/h7-11,16-17,19-20H,4-6,12-14H2,1-3H3/t16-,17+/m0/s1. The Kier molecular flexibility index (Phi) is 6.80. The molecule has 0 amide bonds. The van der Waals surface area contributed by atoms with E-state index in [1.165, 1.54) is 0 Å². The SMILES string of the molecule is CCO[C@@H]1C[C@H](NCCNS(=O)(=O)c2ccccc2)C1(CC)CC. The highest BCUT2D eigenvalue weighted by atomic mass is 32.2. The molecule has 0 heterocycles. The smallest absolute Gasteiger partial charge is 0.240 e. The van der Waals surface area contributed by atoms with Crippen LogP contribution in [0.2, 0.25) is 0 Å². The lowest BCUT2D eigenvalue weighted by Crippen LogP contribution is -2.64. The first-order chi connectivity index (χ1) is 11.5. The Morgan fingerprint density at radius 3 is 2.38 bits per heavy atom. The molecular weight excluding hydrogens is 324 g/mol. The van der Waals surface area contributed by atoms with Crippen LogP contribution < -0.4 is 10.0 Å². The van der Waals surface area contributed by atoms with Crippen molar-refractivity contribution in [1.29, 1.82) is 0 Å². The van der Waals surface area contributed by atoms with Gasteiger partial charge < -0.3 is 10.1 Å². The van der Waals surface area contributed by atoms with Crippen LogP contribution in [0.25, 0.3) is 0 Å². The van der Waals surface area contributed by atoms with Gasteiger partial charge in [0.2, 0.25) is 10.0 Å². The number of rotatable bonds is 10. The Morgan fingerprint density at radius 1 is 1.12 bits per heavy atom. The summed E-state index contributed by atoms with van der Waals surface area (Å²) in [4.78, 5) is 0.307. The Balaban J connectivity index is 1.82. The third-order valence-corrected chi connectivity index (χ3v) is 6.81. The van der Waals surface area contributed by atoms with Crippen molar-refractivity contribution in [3.8, 4) is 0 Å². The second-order valence-electron chi connectivity index (χ2n) is 6.34. The van der Waals surface area contributed by atoms with E-state index in [2.05, 4.69) is 23.9 Å². The molecule has 0 radical (unpaired) electrons. The molecule has 0 unspecified atom stereocenters. The zero-order valence-corrected chi connectivity index (χ0v) is 15.7. The maximum atomic E-state index is 12.2. The minimum atomic E-state index is -3.42. The molecule has 2 rings (SSSR count). The Labute approximate surface area is 146 Å². The van der Waals surface area contributed by atoms with Crippen molar-refractivity contribution in [2.75, 3.05) is 19.7 Å². The van der Waals surface area contributed by atoms with Gasteiger partial charge in [0.15, 0.2) is 0 Å². The molecular formula is C18H30N2O3S. The van der Waals surface area contributed by atoms with E-state index >= 15 is 0 Å². The Morgan fingerprint density at radius 2 is 1.79 bits per heavy atom. The highest BCUT2D eigenvalue weighted by molar-refractivity contribution is 7.89. The summed E-state index contributed by atoms with van der Waals surface area (Å²) < 4.78 is 32.9. The summed E-state index contributed by atoms with van der Waals surface area (Å²) in [7, 11) is -3.42. The highest BCUT2D eigenvalue weighted by Crippen LogP contribution is 2.48. The molecule has 0 saturated heterocycles. The van der Waals surface area contributed by atoms with Crippen molar-refractivity contribution < 1.29 is 13.2 Å². The van der Waals surface area contributed by atoms with E-state index in [0.29, 0.717) is 30.1 Å². The molecule has 0 spiro atoms. The second kappa shape index (κ2) is 8.43. The van der Waals surface area contributed by atoms with E-state index in [0.717, 1.165) is 25.9 Å². The van der Waals surface area contributed by atoms with Gasteiger partial charge in [0.25, 0.3) is 0 Å². The third-order valence-electron chi connectivity index (χ3n) is 5.33. The predicted octanol–water partition coefficient (Wildman–Crippen LogP) is 2.54. The van der Waals surface area contributed by atoms with Crippen LogP contribution in [0.3, 0.4) is 0 Å². The molecule has 1 fully saturated rings. The molecule has 136 valence electrons. The van der Waals surface area contributed by atoms with E-state index in [1.54, 1.807) is 30.3 Å². The van der Waals surface area contributed by atoms with E-state index < -0.39 is 10.0 Å². The molecule has 2 N–H and O–H groups in total. The first kappa shape index (κ1) is 19.4. The fourth-order valence-corrected chi connectivity index (χ4v) is 4.83. The summed E-state index contributed by atoms with van der Waals surface area (Å²) in [5.41, 5.74) is 0.175. The summed E-state index contributed by atoms with van der Waals surface area (Å²) in [6, 6.07) is 8.87. The Hall–Kier alpha value is -0.950. The van der Waals surface area contributed by atoms with Crippen molar-refractivity contribution in [3.63, 3.8) is 0 Å². The summed E-state index contributed by atoms with van der Waals surface area (Å²) in [5, 5.41) is 3.52. The maximum Gasteiger partial charge on any atom is 0.240 e. The van der Waals surface area contributed by atoms with Gasteiger partial charge in [-0.3, -0.25) is 0 Å². The summed E-state index contributed by atoms with van der Waals surface area (Å²) in [6.45, 7) is 8.21. The van der Waals surface area contributed by atoms with Crippen LogP contribution in [-0.2, 0) is 14.8 Å². The largest absolute Gasteiger partial charge is 0.378 e. The number of sulfonamides is 1. The van der Waals surface area contributed by atoms with Crippen molar-refractivity contribution in [2.24, 2.45) is 5.41 Å². The van der Waals surface area contributed by atoms with Crippen LogP contribution in [-0.4, -0.2) is 40.3 Å². The number of nitrogens with one attached hydrogen (secondary N) is 2. The number of hydrogen-bond donors (Lipinski definition) is 2. The van der Waals surface area contributed by atoms with Crippen LogP contribution in [0.4, 0.5) is 0 Å². The first-order valence-corrected chi connectivity index (χ1v) is 10.4. The van der Waals surface area contributed by atoms with Crippen molar-refractivity contribution in [1.82, 2.24) is 10.0 Å². The summed E-state index contributed by atoms with van der Waals surface area (Å²) in [5.74, 6) is 0. The molecule has 5 nitrogen and oxygen atoms in total. The number of hydrogen-bond acceptors (Lipinski definition) is 4. The molecule has 0 bridgehead atoms. The highest BCUT2D eigenvalue weighted by Gasteiger charge is 2.52. The minimum absolute atomic E-state index is 0.175. The zero-order chi connectivity index (χ0) is 17.6. The molecule has 0 aliphatic heterocycles. The van der Waals surface area contributed by atoms with E-state index in [9.17, 15) is 8.42 Å². The number of ether oxygens (including phenoxy) is 1. The van der Waals surface area contributed by atoms with Crippen LogP contribution in [0.1, 0.15) is 40.0 Å². The molecule has 6 heteroatoms.